The maximum Gasteiger partial charge on any atom is 0.145 e. The lowest BCUT2D eigenvalue weighted by Gasteiger charge is -2.22. The zero-order valence-electron chi connectivity index (χ0n) is 85.7. The largest absolute Gasteiger partial charge is 0.455 e. The van der Waals surface area contributed by atoms with E-state index in [0.29, 0.717) is 0 Å². The van der Waals surface area contributed by atoms with Gasteiger partial charge in [0.15, 0.2) is 0 Å². The van der Waals surface area contributed by atoms with E-state index in [2.05, 4.69) is 494 Å². The summed E-state index contributed by atoms with van der Waals surface area (Å²) in [4.78, 5) is 0. The highest BCUT2D eigenvalue weighted by Crippen LogP contribution is 2.63. The Morgan fingerprint density at radius 2 is 0.487 bits per heavy atom. The van der Waals surface area contributed by atoms with Gasteiger partial charge in [-0.2, -0.15) is 0 Å². The van der Waals surface area contributed by atoms with E-state index in [1.54, 1.807) is 0 Å². The van der Waals surface area contributed by atoms with Crippen molar-refractivity contribution in [2.75, 3.05) is 0 Å². The maximum atomic E-state index is 6.47. The van der Waals surface area contributed by atoms with Crippen molar-refractivity contribution in [1.82, 2.24) is 22.2 Å². The highest BCUT2D eigenvalue weighted by Gasteiger charge is 2.46. The van der Waals surface area contributed by atoms with Gasteiger partial charge in [0.25, 0.3) is 0 Å². The summed E-state index contributed by atoms with van der Waals surface area (Å²) in [6.45, 7) is 28.6. The van der Waals surface area contributed by atoms with Gasteiger partial charge in [0.2, 0.25) is 0 Å². The molecule has 10 heterocycles. The average molecular weight is 1920 g/mol. The van der Waals surface area contributed by atoms with Gasteiger partial charge in [-0.1, -0.05) is 368 Å². The lowest BCUT2D eigenvalue weighted by Crippen LogP contribution is -2.15. The number of fused-ring (bicyclic) bond motifs is 52. The molecule has 37 rings (SSSR count). The minimum absolute atomic E-state index is 0.00476. The van der Waals surface area contributed by atoms with Gasteiger partial charge in [-0.3, -0.25) is 0 Å². The first-order valence-corrected chi connectivity index (χ1v) is 53.5. The van der Waals surface area contributed by atoms with Crippen LogP contribution in [0, 0.1) is 0 Å². The van der Waals surface area contributed by atoms with Crippen molar-refractivity contribution in [1.29, 1.82) is 0 Å². The van der Waals surface area contributed by atoms with Crippen molar-refractivity contribution in [2.24, 2.45) is 0 Å². The smallest absolute Gasteiger partial charge is 0.145 e. The second-order valence-corrected chi connectivity index (χ2v) is 47.1. The molecule has 150 heavy (non-hydrogen) atoms. The van der Waals surface area contributed by atoms with Crippen molar-refractivity contribution in [3.05, 3.63) is 461 Å². The Labute approximate surface area is 865 Å². The molecule has 6 aliphatic carbocycles. The van der Waals surface area contributed by atoms with Crippen molar-refractivity contribution >= 4 is 196 Å². The van der Waals surface area contributed by atoms with Crippen LogP contribution < -0.4 is 0 Å². The molecule has 0 atom stereocenters. The minimum atomic E-state index is -0.0448. The molecule has 0 radical (unpaired) electrons. The monoisotopic (exact) mass is 1920 g/mol. The van der Waals surface area contributed by atoms with Crippen molar-refractivity contribution < 1.29 is 4.42 Å². The number of rotatable bonds is 1. The van der Waals surface area contributed by atoms with Gasteiger partial charge in [-0.25, -0.2) is 0 Å². The molecule has 6 heteroatoms. The van der Waals surface area contributed by atoms with Crippen LogP contribution in [0.4, 0.5) is 0 Å². The van der Waals surface area contributed by atoms with E-state index in [-0.39, 0.29) is 32.5 Å². The number of benzene rings is 21. The Hall–Kier alpha value is -17.6. The Balaban J connectivity index is 0.0000000852. The molecule has 0 fully saturated rings. The lowest BCUT2D eigenvalue weighted by atomic mass is 9.80. The molecule has 0 aliphatic heterocycles. The Morgan fingerprint density at radius 1 is 0.160 bits per heavy atom. The van der Waals surface area contributed by atoms with Crippen molar-refractivity contribution in [3.8, 4) is 72.4 Å². The van der Waals surface area contributed by atoms with Gasteiger partial charge in [0.1, 0.15) is 11.2 Å². The van der Waals surface area contributed by atoms with Gasteiger partial charge < -0.3 is 26.6 Å². The summed E-state index contributed by atoms with van der Waals surface area (Å²) in [5, 5.41) is 26.4. The van der Waals surface area contributed by atoms with Crippen molar-refractivity contribution in [2.45, 2.75) is 116 Å². The Kier molecular flexibility index (Phi) is 15.6. The molecule has 0 bridgehead atoms. The highest BCUT2D eigenvalue weighted by atomic mass is 16.3. The summed E-state index contributed by atoms with van der Waals surface area (Å²) in [6, 6.07) is 148. The number of hydrogen-bond acceptors (Lipinski definition) is 1. The molecule has 0 amide bonds. The van der Waals surface area contributed by atoms with E-state index < -0.39 is 0 Å². The predicted octanol–water partition coefficient (Wildman–Crippen LogP) is 38.2. The fourth-order valence-electron chi connectivity index (χ4n) is 31.0. The molecule has 0 unspecified atom stereocenters. The Morgan fingerprint density at radius 3 is 0.967 bits per heavy atom. The fourth-order valence-corrected chi connectivity index (χ4v) is 31.0. The molecule has 31 aromatic rings. The number of furan rings is 1. The summed E-state index contributed by atoms with van der Waals surface area (Å²) in [6.07, 6.45) is 0. The van der Waals surface area contributed by atoms with Gasteiger partial charge in [-0.05, 0) is 243 Å². The van der Waals surface area contributed by atoms with Crippen molar-refractivity contribution in [3.63, 3.8) is 0 Å². The zero-order chi connectivity index (χ0) is 99.8. The number of para-hydroxylation sites is 7. The number of aromatic nitrogens is 5. The summed E-state index contributed by atoms with van der Waals surface area (Å²) in [5.74, 6) is 0. The van der Waals surface area contributed by atoms with E-state index in [0.717, 1.165) is 11.2 Å². The van der Waals surface area contributed by atoms with Crippen LogP contribution in [0.25, 0.3) is 269 Å². The number of nitrogens with zero attached hydrogens (tertiary/aromatic N) is 5. The molecule has 21 aromatic carbocycles. The first kappa shape index (κ1) is 83.6. The highest BCUT2D eigenvalue weighted by molar-refractivity contribution is 6.35. The fraction of sp³-hybridized carbons (Fsp3) is 0.125. The topological polar surface area (TPSA) is 35.7 Å². The molecular weight excluding hydrogens is 1820 g/mol. The second kappa shape index (κ2) is 28.0. The molecule has 0 saturated carbocycles. The predicted molar refractivity (Wildman–Crippen MR) is 631 cm³/mol. The zero-order valence-corrected chi connectivity index (χ0v) is 85.7. The molecule has 0 N–H and O–H groups in total. The second-order valence-electron chi connectivity index (χ2n) is 47.1. The molecule has 0 saturated heterocycles. The van der Waals surface area contributed by atoms with Gasteiger partial charge in [0, 0.05) is 141 Å². The van der Waals surface area contributed by atoms with Crippen LogP contribution in [0.3, 0.4) is 0 Å². The molecule has 6 nitrogen and oxygen atoms in total. The third kappa shape index (κ3) is 10.0. The first-order valence-electron chi connectivity index (χ1n) is 53.5. The minimum Gasteiger partial charge on any atom is -0.455 e. The first-order chi connectivity index (χ1) is 73.0. The normalized spacial score (nSPS) is 15.5. The van der Waals surface area contributed by atoms with E-state index in [4.69, 9.17) is 4.42 Å². The van der Waals surface area contributed by atoms with Crippen LogP contribution in [0.2, 0.25) is 0 Å². The van der Waals surface area contributed by atoms with E-state index >= 15 is 0 Å². The summed E-state index contributed by atoms with van der Waals surface area (Å²) in [5.41, 5.74) is 55.0. The third-order valence-corrected chi connectivity index (χ3v) is 37.7. The number of hydrogen-bond donors (Lipinski definition) is 0. The van der Waals surface area contributed by atoms with Crippen LogP contribution in [-0.4, -0.2) is 22.2 Å². The van der Waals surface area contributed by atoms with E-state index in [1.165, 1.54) is 324 Å². The average Bonchev–Trinajstić information content (AvgIpc) is 1.51. The van der Waals surface area contributed by atoms with Gasteiger partial charge in [-0.15, -0.1) is 0 Å². The van der Waals surface area contributed by atoms with Gasteiger partial charge in [0.05, 0.1) is 82.6 Å². The lowest BCUT2D eigenvalue weighted by molar-refractivity contribution is 0.661. The molecule has 708 valence electrons. The summed E-state index contributed by atoms with van der Waals surface area (Å²) >= 11 is 0. The summed E-state index contributed by atoms with van der Waals surface area (Å²) < 4.78 is 19.1. The molecular formula is C144H101N5O. The standard InChI is InChI=1S/C39H26N2.2C36H27N.C33H21NO/c1-39(2)31-17-8-6-13-24(31)29-22-35-30(21-32(29)39)26-15-10-16-28-36-34(41(35)37(26)28)20-19-27-25-14-7-9-18-33(25)40(38(27)36)23-11-4-3-5-12-23;1-35(2)27-14-8-5-11-20(27)23-19-31-24(18-29(23)35)26-17-25-21-12-6-9-15-28(21)36(3,4)33(25)32-22-13-7-10-16-30(22)37(31)34(26)32;1-35(2)27-14-7-6-11-21(27)25-19-31-26(18-29(25)35)23-12-9-13-24-32-30(37(31)34(23)24)17-16-22-20-10-5-8-15-28(20)36(3,4)33(22)32;1-33(2)25-12-5-3-8-18(25)23-17-28-24(16-26(23)33)20-10-7-11-22-30-27(34(28)31(20)22)15-14-21-19-9-4-6-13-29(19)35-32(21)30/h3-22H,1-2H3;2*5-19H,1-4H3;3-17H,1-2H3. The van der Waals surface area contributed by atoms with E-state index in [9.17, 15) is 0 Å². The quantitative estimate of drug-likeness (QED) is 0.161. The van der Waals surface area contributed by atoms with Crippen LogP contribution >= 0.6 is 0 Å². The van der Waals surface area contributed by atoms with Gasteiger partial charge >= 0.3 is 0 Å². The van der Waals surface area contributed by atoms with Crippen LogP contribution in [0.1, 0.15) is 150 Å². The SMILES string of the molecule is CC1(C)c2ccccc2-c2cc3c(cc21)c1cc2c(c4c5ccccc5n3c14)C(C)(C)c1ccccc1-2.CC1(C)c2ccccc2-c2cc3c(cc21)c1cccc2c4c5c(ccc4n3c12)-c1ccccc1C5(C)C.CC1(C)c2ccccc2-c2cc3c(cc21)c1cccc2c4c5c(ccc4n3c12)c1ccccc1n5-c1ccccc1.CC1(C)c2ccccc2-c2cc3c(cc21)c1cccc2c4c5oc6ccccc6c5ccc4n3c12. The third-order valence-electron chi connectivity index (χ3n) is 37.7. The molecule has 10 aromatic heterocycles. The molecule has 6 aliphatic rings. The Bertz CT molecular complexity index is 11600. The molecule has 0 spiro atoms. The van der Waals surface area contributed by atoms with Crippen LogP contribution in [0.5, 0.6) is 0 Å². The van der Waals surface area contributed by atoms with Crippen LogP contribution in [-0.2, 0) is 32.5 Å². The summed E-state index contributed by atoms with van der Waals surface area (Å²) in [7, 11) is 0. The maximum absolute atomic E-state index is 6.47. The van der Waals surface area contributed by atoms with Crippen LogP contribution in [0.15, 0.2) is 399 Å². The van der Waals surface area contributed by atoms with E-state index in [1.807, 2.05) is 6.07 Å².